The summed E-state index contributed by atoms with van der Waals surface area (Å²) >= 11 is 3.24. The normalized spacial score (nSPS) is 11.6. The Hall–Kier alpha value is -2.15. The van der Waals surface area contributed by atoms with Crippen LogP contribution in [0.15, 0.2) is 58.1 Å². The Bertz CT molecular complexity index is 714. The number of amides is 1. The zero-order chi connectivity index (χ0) is 16.2. The van der Waals surface area contributed by atoms with Gasteiger partial charge in [-0.05, 0) is 35.9 Å². The van der Waals surface area contributed by atoms with E-state index in [2.05, 4.69) is 26.5 Å². The molecule has 114 valence electrons. The van der Waals surface area contributed by atoms with E-state index >= 15 is 0 Å². The van der Waals surface area contributed by atoms with Crippen LogP contribution < -0.4 is 5.43 Å². The second-order valence-corrected chi connectivity index (χ2v) is 5.25. The summed E-state index contributed by atoms with van der Waals surface area (Å²) in [6.45, 7) is 0. The highest BCUT2D eigenvalue weighted by molar-refractivity contribution is 9.10. The number of halogens is 4. The Morgan fingerprint density at radius 1 is 1.14 bits per heavy atom. The van der Waals surface area contributed by atoms with Crippen molar-refractivity contribution >= 4 is 28.1 Å². The summed E-state index contributed by atoms with van der Waals surface area (Å²) in [5.74, 6) is -0.454. The van der Waals surface area contributed by atoms with Crippen LogP contribution in [-0.4, -0.2) is 12.1 Å². The second kappa shape index (κ2) is 6.74. The van der Waals surface area contributed by atoms with E-state index in [-0.39, 0.29) is 5.56 Å². The standard InChI is InChI=1S/C15H10BrF3N2O/c16-13-6-2-4-11(8-13)14(22)21-20-9-10-3-1-5-12(7-10)15(17,18)19/h1-9H,(H,21,22)/b20-9-. The van der Waals surface area contributed by atoms with Crippen molar-refractivity contribution in [1.82, 2.24) is 5.43 Å². The molecule has 0 radical (unpaired) electrons. The van der Waals surface area contributed by atoms with Crippen LogP contribution in [0, 0.1) is 0 Å². The van der Waals surface area contributed by atoms with E-state index in [1.165, 1.54) is 12.1 Å². The Morgan fingerprint density at radius 2 is 1.86 bits per heavy atom. The minimum atomic E-state index is -4.41. The molecule has 0 heterocycles. The molecule has 0 unspecified atom stereocenters. The van der Waals surface area contributed by atoms with Crippen molar-refractivity contribution < 1.29 is 18.0 Å². The lowest BCUT2D eigenvalue weighted by Crippen LogP contribution is -2.17. The van der Waals surface area contributed by atoms with E-state index < -0.39 is 17.6 Å². The van der Waals surface area contributed by atoms with Gasteiger partial charge in [-0.15, -0.1) is 0 Å². The largest absolute Gasteiger partial charge is 0.416 e. The molecule has 3 nitrogen and oxygen atoms in total. The monoisotopic (exact) mass is 370 g/mol. The number of hydrogen-bond acceptors (Lipinski definition) is 2. The van der Waals surface area contributed by atoms with Gasteiger partial charge in [-0.25, -0.2) is 5.43 Å². The van der Waals surface area contributed by atoms with Gasteiger partial charge in [-0.2, -0.15) is 18.3 Å². The average molecular weight is 371 g/mol. The highest BCUT2D eigenvalue weighted by Crippen LogP contribution is 2.29. The predicted molar refractivity (Wildman–Crippen MR) is 80.6 cm³/mol. The number of nitrogens with zero attached hydrogens (tertiary/aromatic N) is 1. The molecular formula is C15H10BrF3N2O. The van der Waals surface area contributed by atoms with Gasteiger partial charge in [0.25, 0.3) is 5.91 Å². The van der Waals surface area contributed by atoms with Gasteiger partial charge in [0.05, 0.1) is 11.8 Å². The van der Waals surface area contributed by atoms with E-state index in [0.29, 0.717) is 5.56 Å². The van der Waals surface area contributed by atoms with Gasteiger partial charge in [0.1, 0.15) is 0 Å². The molecule has 0 aromatic heterocycles. The van der Waals surface area contributed by atoms with Crippen molar-refractivity contribution in [2.24, 2.45) is 5.10 Å². The Balaban J connectivity index is 2.05. The number of benzene rings is 2. The van der Waals surface area contributed by atoms with Gasteiger partial charge in [-0.3, -0.25) is 4.79 Å². The zero-order valence-corrected chi connectivity index (χ0v) is 12.6. The molecule has 0 aliphatic rings. The molecule has 0 bridgehead atoms. The molecule has 0 saturated heterocycles. The third-order valence-electron chi connectivity index (χ3n) is 2.68. The van der Waals surface area contributed by atoms with Gasteiger partial charge >= 0.3 is 6.18 Å². The first-order valence-electron chi connectivity index (χ1n) is 6.12. The minimum Gasteiger partial charge on any atom is -0.267 e. The van der Waals surface area contributed by atoms with Crippen LogP contribution in [0.1, 0.15) is 21.5 Å². The third-order valence-corrected chi connectivity index (χ3v) is 3.17. The molecule has 7 heteroatoms. The fraction of sp³-hybridized carbons (Fsp3) is 0.0667. The van der Waals surface area contributed by atoms with Crippen LogP contribution in [-0.2, 0) is 6.18 Å². The predicted octanol–water partition coefficient (Wildman–Crippen LogP) is 4.23. The Morgan fingerprint density at radius 3 is 2.55 bits per heavy atom. The van der Waals surface area contributed by atoms with Gasteiger partial charge in [-0.1, -0.05) is 34.1 Å². The van der Waals surface area contributed by atoms with Crippen molar-refractivity contribution in [2.75, 3.05) is 0 Å². The molecule has 0 spiro atoms. The van der Waals surface area contributed by atoms with Crippen LogP contribution in [0.4, 0.5) is 13.2 Å². The highest BCUT2D eigenvalue weighted by atomic mass is 79.9. The molecule has 0 aliphatic carbocycles. The summed E-state index contributed by atoms with van der Waals surface area (Å²) in [6, 6.07) is 11.3. The third kappa shape index (κ3) is 4.42. The first kappa shape index (κ1) is 16.2. The van der Waals surface area contributed by atoms with Gasteiger partial charge in [0, 0.05) is 10.0 Å². The minimum absolute atomic E-state index is 0.240. The van der Waals surface area contributed by atoms with Crippen LogP contribution in [0.5, 0.6) is 0 Å². The summed E-state index contributed by atoms with van der Waals surface area (Å²) in [5.41, 5.74) is 2.12. The summed E-state index contributed by atoms with van der Waals surface area (Å²) in [4.78, 5) is 11.8. The van der Waals surface area contributed by atoms with Crippen molar-refractivity contribution in [3.63, 3.8) is 0 Å². The SMILES string of the molecule is O=C(N/N=C\c1cccc(C(F)(F)F)c1)c1cccc(Br)c1. The molecule has 2 aromatic carbocycles. The van der Waals surface area contributed by atoms with Crippen molar-refractivity contribution in [3.05, 3.63) is 69.7 Å². The lowest BCUT2D eigenvalue weighted by atomic mass is 10.1. The maximum Gasteiger partial charge on any atom is 0.416 e. The van der Waals surface area contributed by atoms with Crippen LogP contribution in [0.2, 0.25) is 0 Å². The second-order valence-electron chi connectivity index (χ2n) is 4.33. The lowest BCUT2D eigenvalue weighted by molar-refractivity contribution is -0.137. The zero-order valence-electron chi connectivity index (χ0n) is 11.1. The van der Waals surface area contributed by atoms with Gasteiger partial charge in [0.2, 0.25) is 0 Å². The molecule has 1 N–H and O–H groups in total. The van der Waals surface area contributed by atoms with E-state index in [9.17, 15) is 18.0 Å². The molecular weight excluding hydrogens is 361 g/mol. The number of nitrogens with one attached hydrogen (secondary N) is 1. The highest BCUT2D eigenvalue weighted by Gasteiger charge is 2.30. The first-order chi connectivity index (χ1) is 10.4. The van der Waals surface area contributed by atoms with Gasteiger partial charge < -0.3 is 0 Å². The lowest BCUT2D eigenvalue weighted by Gasteiger charge is -2.06. The molecule has 22 heavy (non-hydrogen) atoms. The smallest absolute Gasteiger partial charge is 0.267 e. The molecule has 1 amide bonds. The molecule has 0 aliphatic heterocycles. The number of alkyl halides is 3. The summed E-state index contributed by atoms with van der Waals surface area (Å²) in [6.07, 6.45) is -3.26. The Kier molecular flexibility index (Phi) is 4.97. The topological polar surface area (TPSA) is 41.5 Å². The average Bonchev–Trinajstić information content (AvgIpc) is 2.46. The van der Waals surface area contributed by atoms with Crippen LogP contribution >= 0.6 is 15.9 Å². The van der Waals surface area contributed by atoms with Crippen molar-refractivity contribution in [1.29, 1.82) is 0 Å². The van der Waals surface area contributed by atoms with E-state index in [1.54, 1.807) is 24.3 Å². The van der Waals surface area contributed by atoms with Crippen LogP contribution in [0.3, 0.4) is 0 Å². The van der Waals surface area contributed by atoms with E-state index in [0.717, 1.165) is 22.8 Å². The summed E-state index contributed by atoms with van der Waals surface area (Å²) in [7, 11) is 0. The first-order valence-corrected chi connectivity index (χ1v) is 6.92. The molecule has 2 rings (SSSR count). The van der Waals surface area contributed by atoms with Crippen LogP contribution in [0.25, 0.3) is 0 Å². The maximum absolute atomic E-state index is 12.6. The Labute approximate surface area is 133 Å². The molecule has 0 saturated carbocycles. The van der Waals surface area contributed by atoms with Crippen molar-refractivity contribution in [2.45, 2.75) is 6.18 Å². The van der Waals surface area contributed by atoms with E-state index in [1.807, 2.05) is 0 Å². The summed E-state index contributed by atoms with van der Waals surface area (Å²) in [5, 5.41) is 3.66. The molecule has 2 aromatic rings. The number of carbonyl (C=O) groups excluding carboxylic acids is 1. The molecule has 0 fully saturated rings. The molecule has 0 atom stereocenters. The number of hydrazone groups is 1. The van der Waals surface area contributed by atoms with Gasteiger partial charge in [0.15, 0.2) is 0 Å². The summed E-state index contributed by atoms with van der Waals surface area (Å²) < 4.78 is 38.4. The van der Waals surface area contributed by atoms with E-state index in [4.69, 9.17) is 0 Å². The fourth-order valence-corrected chi connectivity index (χ4v) is 2.05. The number of rotatable bonds is 3. The van der Waals surface area contributed by atoms with Crippen molar-refractivity contribution in [3.8, 4) is 0 Å². The number of carbonyl (C=O) groups is 1. The fourth-order valence-electron chi connectivity index (χ4n) is 1.66. The maximum atomic E-state index is 12.6. The quantitative estimate of drug-likeness (QED) is 0.637. The number of hydrogen-bond donors (Lipinski definition) is 1.